The van der Waals surface area contributed by atoms with E-state index in [1.807, 2.05) is 31.2 Å². The van der Waals surface area contributed by atoms with Crippen molar-refractivity contribution < 1.29 is 4.79 Å². The molecule has 4 rings (SSSR count). The van der Waals surface area contributed by atoms with Gasteiger partial charge in [0.15, 0.2) is 5.65 Å². The lowest BCUT2D eigenvalue weighted by atomic mass is 10.2. The highest BCUT2D eigenvalue weighted by molar-refractivity contribution is 6.30. The van der Waals surface area contributed by atoms with Gasteiger partial charge in [-0.1, -0.05) is 29.3 Å². The standard InChI is InChI=1S/C21H17ClN4O2/c1-14-4-10-17(11-5-14)26-21(28)18-3-2-12-23-20(18)25(26)13-19(27)24-16-8-6-15(22)7-9-16/h2-12H,13H2,1H3,(H,24,27). The van der Waals surface area contributed by atoms with E-state index in [0.29, 0.717) is 27.4 Å². The van der Waals surface area contributed by atoms with Crippen molar-refractivity contribution in [1.82, 2.24) is 14.3 Å². The van der Waals surface area contributed by atoms with Crippen molar-refractivity contribution in [2.24, 2.45) is 0 Å². The number of halogens is 1. The Hall–Kier alpha value is -3.38. The number of aryl methyl sites for hydroxylation is 1. The van der Waals surface area contributed by atoms with Crippen LogP contribution in [0.25, 0.3) is 16.7 Å². The topological polar surface area (TPSA) is 68.9 Å². The molecule has 0 radical (unpaired) electrons. The summed E-state index contributed by atoms with van der Waals surface area (Å²) in [6, 6.07) is 17.8. The van der Waals surface area contributed by atoms with Gasteiger partial charge in [-0.05, 0) is 55.5 Å². The Bertz CT molecular complexity index is 1210. The molecular weight excluding hydrogens is 376 g/mol. The zero-order valence-electron chi connectivity index (χ0n) is 15.1. The molecule has 0 atom stereocenters. The quantitative estimate of drug-likeness (QED) is 0.574. The van der Waals surface area contributed by atoms with Gasteiger partial charge in [0.05, 0.1) is 11.1 Å². The van der Waals surface area contributed by atoms with Gasteiger partial charge in [-0.25, -0.2) is 9.67 Å². The Balaban J connectivity index is 1.75. The molecule has 0 aliphatic rings. The second-order valence-electron chi connectivity index (χ2n) is 6.44. The summed E-state index contributed by atoms with van der Waals surface area (Å²) in [5.41, 5.74) is 2.62. The fourth-order valence-corrected chi connectivity index (χ4v) is 3.17. The molecule has 1 N–H and O–H groups in total. The number of fused-ring (bicyclic) bond motifs is 1. The minimum atomic E-state index is -0.272. The highest BCUT2D eigenvalue weighted by atomic mass is 35.5. The van der Waals surface area contributed by atoms with Gasteiger partial charge in [0.1, 0.15) is 6.54 Å². The molecule has 2 aromatic heterocycles. The zero-order valence-corrected chi connectivity index (χ0v) is 15.8. The van der Waals surface area contributed by atoms with Crippen LogP contribution in [0.15, 0.2) is 71.7 Å². The van der Waals surface area contributed by atoms with E-state index in [1.165, 1.54) is 4.68 Å². The van der Waals surface area contributed by atoms with E-state index in [9.17, 15) is 9.59 Å². The molecule has 140 valence electrons. The number of carbonyl (C=O) groups is 1. The highest BCUT2D eigenvalue weighted by Crippen LogP contribution is 2.16. The molecule has 0 bridgehead atoms. The van der Waals surface area contributed by atoms with Gasteiger partial charge in [-0.2, -0.15) is 0 Å². The molecule has 0 aliphatic carbocycles. The van der Waals surface area contributed by atoms with E-state index < -0.39 is 0 Å². The first-order valence-electron chi connectivity index (χ1n) is 8.72. The predicted octanol–water partition coefficient (Wildman–Crippen LogP) is 3.79. The smallest absolute Gasteiger partial charge is 0.280 e. The van der Waals surface area contributed by atoms with Crippen LogP contribution in [0.2, 0.25) is 5.02 Å². The monoisotopic (exact) mass is 392 g/mol. The molecule has 0 saturated heterocycles. The molecule has 7 heteroatoms. The van der Waals surface area contributed by atoms with Crippen LogP contribution in [0.4, 0.5) is 5.69 Å². The fourth-order valence-electron chi connectivity index (χ4n) is 3.05. The van der Waals surface area contributed by atoms with Crippen LogP contribution in [-0.4, -0.2) is 20.3 Å². The third-order valence-corrected chi connectivity index (χ3v) is 4.65. The summed E-state index contributed by atoms with van der Waals surface area (Å²) < 4.78 is 3.08. The van der Waals surface area contributed by atoms with Crippen LogP contribution in [0.3, 0.4) is 0 Å². The normalized spacial score (nSPS) is 10.9. The first-order chi connectivity index (χ1) is 13.5. The third-order valence-electron chi connectivity index (χ3n) is 4.40. The number of nitrogens with one attached hydrogen (secondary N) is 1. The Morgan fingerprint density at radius 3 is 2.50 bits per heavy atom. The molecule has 0 unspecified atom stereocenters. The molecular formula is C21H17ClN4O2. The molecule has 0 fully saturated rings. The van der Waals surface area contributed by atoms with Crippen LogP contribution >= 0.6 is 11.6 Å². The minimum Gasteiger partial charge on any atom is -0.324 e. The number of carbonyl (C=O) groups excluding carboxylic acids is 1. The van der Waals surface area contributed by atoms with E-state index in [-0.39, 0.29) is 18.0 Å². The van der Waals surface area contributed by atoms with Crippen molar-refractivity contribution in [2.75, 3.05) is 5.32 Å². The van der Waals surface area contributed by atoms with Crippen molar-refractivity contribution in [3.05, 3.63) is 87.8 Å². The molecule has 0 spiro atoms. The molecule has 4 aromatic rings. The summed E-state index contributed by atoms with van der Waals surface area (Å²) in [7, 11) is 0. The van der Waals surface area contributed by atoms with Gasteiger partial charge < -0.3 is 5.32 Å². The van der Waals surface area contributed by atoms with E-state index in [2.05, 4.69) is 10.3 Å². The first kappa shape index (κ1) is 18.0. The van der Waals surface area contributed by atoms with Gasteiger partial charge in [0.2, 0.25) is 5.91 Å². The Kier molecular flexibility index (Phi) is 4.71. The summed E-state index contributed by atoms with van der Waals surface area (Å²) in [6.45, 7) is 1.91. The van der Waals surface area contributed by atoms with E-state index in [4.69, 9.17) is 11.6 Å². The van der Waals surface area contributed by atoms with Crippen LogP contribution in [0.5, 0.6) is 0 Å². The Morgan fingerprint density at radius 2 is 1.79 bits per heavy atom. The SMILES string of the molecule is Cc1ccc(-n2c(=O)c3cccnc3n2CC(=O)Nc2ccc(Cl)cc2)cc1. The van der Waals surface area contributed by atoms with E-state index in [0.717, 1.165) is 5.56 Å². The summed E-state index contributed by atoms with van der Waals surface area (Å²) in [6.07, 6.45) is 1.61. The van der Waals surface area contributed by atoms with Crippen LogP contribution in [-0.2, 0) is 11.3 Å². The number of pyridine rings is 1. The number of hydrogen-bond acceptors (Lipinski definition) is 3. The number of benzene rings is 2. The molecule has 1 amide bonds. The number of rotatable bonds is 4. The summed E-state index contributed by atoms with van der Waals surface area (Å²) >= 11 is 5.88. The predicted molar refractivity (Wildman–Crippen MR) is 110 cm³/mol. The average molecular weight is 393 g/mol. The number of aromatic nitrogens is 3. The van der Waals surface area contributed by atoms with Gasteiger partial charge in [0, 0.05) is 16.9 Å². The van der Waals surface area contributed by atoms with Gasteiger partial charge >= 0.3 is 0 Å². The van der Waals surface area contributed by atoms with Crippen molar-refractivity contribution in [3.63, 3.8) is 0 Å². The van der Waals surface area contributed by atoms with Gasteiger partial charge in [0.25, 0.3) is 5.56 Å². The Morgan fingerprint density at radius 1 is 1.07 bits per heavy atom. The maximum Gasteiger partial charge on any atom is 0.280 e. The molecule has 2 aromatic carbocycles. The summed E-state index contributed by atoms with van der Waals surface area (Å²) in [5, 5.41) is 3.87. The average Bonchev–Trinajstić information content (AvgIpc) is 2.97. The lowest BCUT2D eigenvalue weighted by molar-refractivity contribution is -0.116. The maximum atomic E-state index is 13.0. The molecule has 2 heterocycles. The van der Waals surface area contributed by atoms with E-state index >= 15 is 0 Å². The highest BCUT2D eigenvalue weighted by Gasteiger charge is 2.17. The largest absolute Gasteiger partial charge is 0.324 e. The second kappa shape index (κ2) is 7.32. The second-order valence-corrected chi connectivity index (χ2v) is 6.88. The molecule has 28 heavy (non-hydrogen) atoms. The fraction of sp³-hybridized carbons (Fsp3) is 0.0952. The first-order valence-corrected chi connectivity index (χ1v) is 9.10. The summed E-state index contributed by atoms with van der Waals surface area (Å²) in [4.78, 5) is 29.9. The molecule has 0 aliphatic heterocycles. The van der Waals surface area contributed by atoms with Gasteiger partial charge in [-0.3, -0.25) is 14.3 Å². The number of nitrogens with zero attached hydrogens (tertiary/aromatic N) is 3. The summed E-state index contributed by atoms with van der Waals surface area (Å²) in [5.74, 6) is -0.272. The minimum absolute atomic E-state index is 0.0632. The van der Waals surface area contributed by atoms with Gasteiger partial charge in [-0.15, -0.1) is 0 Å². The maximum absolute atomic E-state index is 13.0. The zero-order chi connectivity index (χ0) is 19.7. The number of anilines is 1. The Labute approximate surface area is 166 Å². The molecule has 6 nitrogen and oxygen atoms in total. The van der Waals surface area contributed by atoms with Crippen molar-refractivity contribution >= 4 is 34.2 Å². The number of hydrogen-bond donors (Lipinski definition) is 1. The lowest BCUT2D eigenvalue weighted by Crippen LogP contribution is -2.27. The van der Waals surface area contributed by atoms with Crippen molar-refractivity contribution in [1.29, 1.82) is 0 Å². The lowest BCUT2D eigenvalue weighted by Gasteiger charge is -2.13. The van der Waals surface area contributed by atoms with Crippen LogP contribution < -0.4 is 10.9 Å². The van der Waals surface area contributed by atoms with Crippen LogP contribution in [0.1, 0.15) is 5.56 Å². The molecule has 0 saturated carbocycles. The van der Waals surface area contributed by atoms with E-state index in [1.54, 1.807) is 47.3 Å². The number of amides is 1. The van der Waals surface area contributed by atoms with Crippen molar-refractivity contribution in [2.45, 2.75) is 13.5 Å². The third kappa shape index (κ3) is 3.42. The van der Waals surface area contributed by atoms with Crippen molar-refractivity contribution in [3.8, 4) is 5.69 Å². The van der Waals surface area contributed by atoms with Crippen LogP contribution in [0, 0.1) is 6.92 Å².